The normalized spacial score (nSPS) is 11.3. The van der Waals surface area contributed by atoms with Crippen molar-refractivity contribution in [1.82, 2.24) is 4.98 Å². The summed E-state index contributed by atoms with van der Waals surface area (Å²) in [7, 11) is 0. The predicted molar refractivity (Wildman–Crippen MR) is 74.2 cm³/mol. The van der Waals surface area contributed by atoms with E-state index < -0.39 is 5.60 Å². The van der Waals surface area contributed by atoms with Gasteiger partial charge in [0.15, 0.2) is 0 Å². The van der Waals surface area contributed by atoms with Crippen molar-refractivity contribution in [1.29, 1.82) is 0 Å². The summed E-state index contributed by atoms with van der Waals surface area (Å²) in [5.41, 5.74) is 0.784. The number of halogens is 1. The largest absolute Gasteiger partial charge is 0.386 e. The minimum atomic E-state index is -0.873. The van der Waals surface area contributed by atoms with Crippen molar-refractivity contribution in [2.75, 3.05) is 5.32 Å². The molecule has 0 amide bonds. The van der Waals surface area contributed by atoms with Gasteiger partial charge in [-0.1, -0.05) is 23.7 Å². The quantitative estimate of drug-likeness (QED) is 0.886. The van der Waals surface area contributed by atoms with E-state index in [-0.39, 0.29) is 0 Å². The standard InChI is InChI=1S/C14H15ClN2O/c1-14(2,18)10-6-7-13(16-9-10)17-12-5-3-4-11(15)8-12/h3-9,18H,1-2H3,(H,16,17). The average molecular weight is 263 g/mol. The first-order valence-corrected chi connectivity index (χ1v) is 6.04. The number of rotatable bonds is 3. The van der Waals surface area contributed by atoms with Crippen LogP contribution in [0.3, 0.4) is 0 Å². The number of aliphatic hydroxyl groups is 1. The topological polar surface area (TPSA) is 45.1 Å². The molecule has 0 radical (unpaired) electrons. The highest BCUT2D eigenvalue weighted by Gasteiger charge is 2.15. The number of benzene rings is 1. The van der Waals surface area contributed by atoms with Crippen LogP contribution in [0.4, 0.5) is 11.5 Å². The van der Waals surface area contributed by atoms with Gasteiger partial charge < -0.3 is 10.4 Å². The van der Waals surface area contributed by atoms with E-state index in [0.717, 1.165) is 11.3 Å². The van der Waals surface area contributed by atoms with Crippen molar-refractivity contribution in [2.24, 2.45) is 0 Å². The Bertz CT molecular complexity index is 532. The molecule has 1 aromatic carbocycles. The Morgan fingerprint density at radius 2 is 2.00 bits per heavy atom. The third kappa shape index (κ3) is 3.22. The summed E-state index contributed by atoms with van der Waals surface area (Å²) in [5, 5.41) is 13.6. The average Bonchev–Trinajstić information content (AvgIpc) is 2.28. The molecule has 0 aliphatic rings. The molecule has 0 saturated heterocycles. The van der Waals surface area contributed by atoms with Crippen molar-refractivity contribution in [3.05, 3.63) is 53.2 Å². The Morgan fingerprint density at radius 1 is 1.22 bits per heavy atom. The Balaban J connectivity index is 2.16. The van der Waals surface area contributed by atoms with Crippen LogP contribution in [0.25, 0.3) is 0 Å². The first kappa shape index (κ1) is 12.9. The first-order valence-electron chi connectivity index (χ1n) is 5.67. The number of hydrogen-bond acceptors (Lipinski definition) is 3. The second kappa shape index (κ2) is 4.96. The monoisotopic (exact) mass is 262 g/mol. The Kier molecular flexibility index (Phi) is 3.55. The molecule has 2 rings (SSSR count). The van der Waals surface area contributed by atoms with Gasteiger partial charge in [-0.3, -0.25) is 0 Å². The SMILES string of the molecule is CC(C)(O)c1ccc(Nc2cccc(Cl)c2)nc1. The van der Waals surface area contributed by atoms with Gasteiger partial charge in [0.05, 0.1) is 5.60 Å². The van der Waals surface area contributed by atoms with Gasteiger partial charge in [0.2, 0.25) is 0 Å². The minimum Gasteiger partial charge on any atom is -0.386 e. The molecule has 0 bridgehead atoms. The van der Waals surface area contributed by atoms with Crippen molar-refractivity contribution >= 4 is 23.1 Å². The van der Waals surface area contributed by atoms with Crippen LogP contribution < -0.4 is 5.32 Å². The molecular weight excluding hydrogens is 248 g/mol. The van der Waals surface area contributed by atoms with Crippen LogP contribution >= 0.6 is 11.6 Å². The van der Waals surface area contributed by atoms with E-state index in [2.05, 4.69) is 10.3 Å². The molecule has 0 fully saturated rings. The highest BCUT2D eigenvalue weighted by atomic mass is 35.5. The Labute approximate surface area is 111 Å². The molecule has 0 aliphatic heterocycles. The molecule has 0 saturated carbocycles. The fraction of sp³-hybridized carbons (Fsp3) is 0.214. The van der Waals surface area contributed by atoms with Crippen molar-refractivity contribution in [2.45, 2.75) is 19.4 Å². The van der Waals surface area contributed by atoms with E-state index in [4.69, 9.17) is 11.6 Å². The summed E-state index contributed by atoms with van der Waals surface area (Å²) in [6.45, 7) is 3.46. The van der Waals surface area contributed by atoms with Gasteiger partial charge >= 0.3 is 0 Å². The van der Waals surface area contributed by atoms with Gasteiger partial charge in [0.25, 0.3) is 0 Å². The van der Waals surface area contributed by atoms with Crippen LogP contribution in [-0.4, -0.2) is 10.1 Å². The van der Waals surface area contributed by atoms with Crippen LogP contribution in [-0.2, 0) is 5.60 Å². The summed E-state index contributed by atoms with van der Waals surface area (Å²) in [6.07, 6.45) is 1.66. The third-order valence-electron chi connectivity index (χ3n) is 2.57. The van der Waals surface area contributed by atoms with Gasteiger partial charge in [0, 0.05) is 22.5 Å². The highest BCUT2D eigenvalue weighted by Crippen LogP contribution is 2.22. The lowest BCUT2D eigenvalue weighted by atomic mass is 10.0. The lowest BCUT2D eigenvalue weighted by Gasteiger charge is -2.17. The van der Waals surface area contributed by atoms with Crippen LogP contribution in [0.15, 0.2) is 42.6 Å². The molecule has 0 unspecified atom stereocenters. The van der Waals surface area contributed by atoms with Gasteiger partial charge in [-0.25, -0.2) is 4.98 Å². The van der Waals surface area contributed by atoms with Gasteiger partial charge in [0.1, 0.15) is 5.82 Å². The molecule has 2 aromatic rings. The zero-order valence-electron chi connectivity index (χ0n) is 10.3. The summed E-state index contributed by atoms with van der Waals surface area (Å²) in [5.74, 6) is 0.713. The number of hydrogen-bond donors (Lipinski definition) is 2. The van der Waals surface area contributed by atoms with Crippen LogP contribution in [0.2, 0.25) is 5.02 Å². The van der Waals surface area contributed by atoms with Gasteiger partial charge in [-0.15, -0.1) is 0 Å². The zero-order valence-corrected chi connectivity index (χ0v) is 11.1. The van der Waals surface area contributed by atoms with E-state index >= 15 is 0 Å². The Hall–Kier alpha value is -1.58. The molecule has 3 nitrogen and oxygen atoms in total. The van der Waals surface area contributed by atoms with E-state index in [9.17, 15) is 5.11 Å². The highest BCUT2D eigenvalue weighted by molar-refractivity contribution is 6.30. The fourth-order valence-corrected chi connectivity index (χ4v) is 1.73. The number of pyridine rings is 1. The zero-order chi connectivity index (χ0) is 13.2. The molecule has 4 heteroatoms. The first-order chi connectivity index (χ1) is 8.45. The number of aromatic nitrogens is 1. The second-order valence-electron chi connectivity index (χ2n) is 4.63. The number of nitrogens with one attached hydrogen (secondary N) is 1. The number of anilines is 2. The smallest absolute Gasteiger partial charge is 0.130 e. The summed E-state index contributed by atoms with van der Waals surface area (Å²) >= 11 is 5.90. The van der Waals surface area contributed by atoms with E-state index in [1.807, 2.05) is 36.4 Å². The summed E-state index contributed by atoms with van der Waals surface area (Å²) in [6, 6.07) is 11.1. The maximum absolute atomic E-state index is 9.83. The molecule has 94 valence electrons. The molecule has 1 aromatic heterocycles. The summed E-state index contributed by atoms with van der Waals surface area (Å²) in [4.78, 5) is 4.26. The molecule has 18 heavy (non-hydrogen) atoms. The molecular formula is C14H15ClN2O. The lowest BCUT2D eigenvalue weighted by molar-refractivity contribution is 0.0782. The second-order valence-corrected chi connectivity index (χ2v) is 5.06. The summed E-state index contributed by atoms with van der Waals surface area (Å²) < 4.78 is 0. The lowest BCUT2D eigenvalue weighted by Crippen LogP contribution is -2.15. The molecule has 0 atom stereocenters. The van der Waals surface area contributed by atoms with Crippen LogP contribution in [0.1, 0.15) is 19.4 Å². The molecule has 0 aliphatic carbocycles. The fourth-order valence-electron chi connectivity index (χ4n) is 1.54. The van der Waals surface area contributed by atoms with Gasteiger partial charge in [-0.2, -0.15) is 0 Å². The van der Waals surface area contributed by atoms with Crippen molar-refractivity contribution in [3.63, 3.8) is 0 Å². The minimum absolute atomic E-state index is 0.674. The van der Waals surface area contributed by atoms with Crippen molar-refractivity contribution < 1.29 is 5.11 Å². The van der Waals surface area contributed by atoms with Crippen LogP contribution in [0, 0.1) is 0 Å². The van der Waals surface area contributed by atoms with Gasteiger partial charge in [-0.05, 0) is 38.1 Å². The van der Waals surface area contributed by atoms with E-state index in [1.54, 1.807) is 20.0 Å². The molecule has 1 heterocycles. The van der Waals surface area contributed by atoms with Crippen molar-refractivity contribution in [3.8, 4) is 0 Å². The maximum Gasteiger partial charge on any atom is 0.130 e. The predicted octanol–water partition coefficient (Wildman–Crippen LogP) is 3.71. The molecule has 0 spiro atoms. The third-order valence-corrected chi connectivity index (χ3v) is 2.80. The Morgan fingerprint density at radius 3 is 2.56 bits per heavy atom. The van der Waals surface area contributed by atoms with Crippen LogP contribution in [0.5, 0.6) is 0 Å². The van der Waals surface area contributed by atoms with E-state index in [0.29, 0.717) is 10.8 Å². The number of nitrogens with zero attached hydrogens (tertiary/aromatic N) is 1. The van der Waals surface area contributed by atoms with E-state index in [1.165, 1.54) is 0 Å². The molecule has 2 N–H and O–H groups in total. The maximum atomic E-state index is 9.83.